The first-order valence-corrected chi connectivity index (χ1v) is 4.70. The highest BCUT2D eigenvalue weighted by molar-refractivity contribution is 7.08. The van der Waals surface area contributed by atoms with E-state index >= 15 is 0 Å². The Morgan fingerprint density at radius 3 is 2.62 bits per heavy atom. The summed E-state index contributed by atoms with van der Waals surface area (Å²) >= 11 is 1.46. The summed E-state index contributed by atoms with van der Waals surface area (Å²) in [5.41, 5.74) is 1.04. The minimum atomic E-state index is -0.802. The Hall–Kier alpha value is -1.22. The Kier molecular flexibility index (Phi) is 2.10. The molecule has 0 saturated carbocycles. The van der Waals surface area contributed by atoms with Crippen molar-refractivity contribution >= 4 is 11.3 Å². The van der Waals surface area contributed by atoms with E-state index in [-0.39, 0.29) is 0 Å². The first-order valence-electron chi connectivity index (χ1n) is 3.75. The number of hydrogen-bond donors (Lipinski definition) is 0. The molecule has 0 unspecified atom stereocenters. The van der Waals surface area contributed by atoms with Gasteiger partial charge in [-0.15, -0.1) is 0 Å². The van der Waals surface area contributed by atoms with E-state index in [4.69, 9.17) is 0 Å². The molecule has 0 amide bonds. The normalized spacial score (nSPS) is 10.3. The highest BCUT2D eigenvalue weighted by atomic mass is 32.1. The van der Waals surface area contributed by atoms with Gasteiger partial charge in [-0.05, 0) is 28.5 Å². The second-order valence-corrected chi connectivity index (χ2v) is 3.39. The minimum absolute atomic E-state index is 0.321. The molecule has 0 aliphatic rings. The molecule has 66 valence electrons. The van der Waals surface area contributed by atoms with Gasteiger partial charge in [0.2, 0.25) is 0 Å². The van der Waals surface area contributed by atoms with Gasteiger partial charge in [0.1, 0.15) is 0 Å². The topological polar surface area (TPSA) is 0 Å². The quantitative estimate of drug-likeness (QED) is 0.652. The van der Waals surface area contributed by atoms with Crippen molar-refractivity contribution in [3.63, 3.8) is 0 Å². The fourth-order valence-electron chi connectivity index (χ4n) is 1.14. The summed E-state index contributed by atoms with van der Waals surface area (Å²) in [6, 6.07) is 5.96. The molecule has 0 aliphatic carbocycles. The van der Waals surface area contributed by atoms with E-state index in [1.54, 1.807) is 17.5 Å². The third-order valence-corrected chi connectivity index (χ3v) is 2.47. The molecule has 0 radical (unpaired) electrons. The Morgan fingerprint density at radius 1 is 1.08 bits per heavy atom. The second kappa shape index (κ2) is 3.26. The molecule has 0 saturated heterocycles. The van der Waals surface area contributed by atoms with Crippen LogP contribution in [0.1, 0.15) is 0 Å². The lowest BCUT2D eigenvalue weighted by atomic mass is 10.1. The number of benzene rings is 1. The molecule has 0 aliphatic heterocycles. The molecular weight excluding hydrogens is 190 g/mol. The zero-order valence-electron chi connectivity index (χ0n) is 6.63. The fraction of sp³-hybridized carbons (Fsp3) is 0. The van der Waals surface area contributed by atoms with Crippen LogP contribution in [-0.4, -0.2) is 0 Å². The van der Waals surface area contributed by atoms with Crippen molar-refractivity contribution < 1.29 is 8.78 Å². The van der Waals surface area contributed by atoms with Crippen LogP contribution in [0, 0.1) is 11.6 Å². The molecule has 0 spiro atoms. The highest BCUT2D eigenvalue weighted by Crippen LogP contribution is 2.25. The maximum Gasteiger partial charge on any atom is 0.166 e. The third kappa shape index (κ3) is 1.47. The van der Waals surface area contributed by atoms with Crippen LogP contribution in [0.2, 0.25) is 0 Å². The van der Waals surface area contributed by atoms with Crippen LogP contribution in [0.5, 0.6) is 0 Å². The summed E-state index contributed by atoms with van der Waals surface area (Å²) in [5, 5.41) is 3.62. The molecule has 2 aromatic rings. The first-order chi connectivity index (χ1) is 6.29. The van der Waals surface area contributed by atoms with Crippen LogP contribution in [0.15, 0.2) is 35.0 Å². The molecule has 0 nitrogen and oxygen atoms in total. The van der Waals surface area contributed by atoms with Crippen LogP contribution in [0.25, 0.3) is 11.1 Å². The molecule has 0 fully saturated rings. The minimum Gasteiger partial charge on any atom is -0.204 e. The zero-order chi connectivity index (χ0) is 9.26. The maximum atomic E-state index is 13.2. The predicted molar refractivity (Wildman–Crippen MR) is 49.7 cm³/mol. The molecule has 1 aromatic carbocycles. The molecule has 0 bridgehead atoms. The summed E-state index contributed by atoms with van der Waals surface area (Å²) < 4.78 is 26.0. The van der Waals surface area contributed by atoms with Crippen LogP contribution < -0.4 is 0 Å². The van der Waals surface area contributed by atoms with E-state index in [1.807, 2.05) is 5.38 Å². The van der Waals surface area contributed by atoms with Crippen LogP contribution in [-0.2, 0) is 0 Å². The molecule has 13 heavy (non-hydrogen) atoms. The fourth-order valence-corrected chi connectivity index (χ4v) is 1.80. The van der Waals surface area contributed by atoms with Crippen molar-refractivity contribution in [1.29, 1.82) is 0 Å². The number of rotatable bonds is 1. The summed E-state index contributed by atoms with van der Waals surface area (Å²) in [6.07, 6.45) is 0. The summed E-state index contributed by atoms with van der Waals surface area (Å²) in [6.45, 7) is 0. The molecule has 1 heterocycles. The summed E-state index contributed by atoms with van der Waals surface area (Å²) in [4.78, 5) is 0. The van der Waals surface area contributed by atoms with Gasteiger partial charge in [-0.2, -0.15) is 11.3 Å². The van der Waals surface area contributed by atoms with E-state index in [1.165, 1.54) is 17.4 Å². The summed E-state index contributed by atoms with van der Waals surface area (Å²) in [7, 11) is 0. The maximum absolute atomic E-state index is 13.2. The van der Waals surface area contributed by atoms with Gasteiger partial charge in [-0.3, -0.25) is 0 Å². The van der Waals surface area contributed by atoms with E-state index in [0.29, 0.717) is 5.56 Å². The van der Waals surface area contributed by atoms with Crippen molar-refractivity contribution in [2.45, 2.75) is 0 Å². The molecule has 3 heteroatoms. The Morgan fingerprint density at radius 2 is 1.92 bits per heavy atom. The monoisotopic (exact) mass is 196 g/mol. The van der Waals surface area contributed by atoms with Crippen LogP contribution >= 0.6 is 11.3 Å². The van der Waals surface area contributed by atoms with Gasteiger partial charge < -0.3 is 0 Å². The number of hydrogen-bond acceptors (Lipinski definition) is 1. The van der Waals surface area contributed by atoms with Gasteiger partial charge in [-0.1, -0.05) is 12.1 Å². The Bertz CT molecular complexity index is 407. The van der Waals surface area contributed by atoms with Gasteiger partial charge in [0, 0.05) is 5.56 Å². The standard InChI is InChI=1S/C10H6F2S/c11-9-3-1-2-8(10(9)12)7-4-5-13-6-7/h1-6H. The van der Waals surface area contributed by atoms with Crippen molar-refractivity contribution in [3.05, 3.63) is 46.7 Å². The van der Waals surface area contributed by atoms with E-state index in [0.717, 1.165) is 11.6 Å². The van der Waals surface area contributed by atoms with Gasteiger partial charge in [-0.25, -0.2) is 8.78 Å². The van der Waals surface area contributed by atoms with E-state index in [9.17, 15) is 8.78 Å². The lowest BCUT2D eigenvalue weighted by Gasteiger charge is -1.99. The van der Waals surface area contributed by atoms with Gasteiger partial charge in [0.25, 0.3) is 0 Å². The van der Waals surface area contributed by atoms with Crippen LogP contribution in [0.4, 0.5) is 8.78 Å². The van der Waals surface area contributed by atoms with E-state index in [2.05, 4.69) is 0 Å². The van der Waals surface area contributed by atoms with Gasteiger partial charge in [0.15, 0.2) is 11.6 Å². The van der Waals surface area contributed by atoms with Crippen molar-refractivity contribution in [1.82, 2.24) is 0 Å². The smallest absolute Gasteiger partial charge is 0.166 e. The second-order valence-electron chi connectivity index (χ2n) is 2.61. The molecule has 0 N–H and O–H groups in total. The van der Waals surface area contributed by atoms with Gasteiger partial charge in [0.05, 0.1) is 0 Å². The number of thiophene rings is 1. The SMILES string of the molecule is Fc1cccc(-c2ccsc2)c1F. The average molecular weight is 196 g/mol. The lowest BCUT2D eigenvalue weighted by Crippen LogP contribution is -1.86. The highest BCUT2D eigenvalue weighted by Gasteiger charge is 2.08. The lowest BCUT2D eigenvalue weighted by molar-refractivity contribution is 0.511. The Balaban J connectivity index is 2.59. The molecule has 0 atom stereocenters. The largest absolute Gasteiger partial charge is 0.204 e. The Labute approximate surface area is 78.5 Å². The molecule has 2 rings (SSSR count). The predicted octanol–water partition coefficient (Wildman–Crippen LogP) is 3.69. The summed E-state index contributed by atoms with van der Waals surface area (Å²) in [5.74, 6) is -1.58. The van der Waals surface area contributed by atoms with Gasteiger partial charge >= 0.3 is 0 Å². The zero-order valence-corrected chi connectivity index (χ0v) is 7.44. The third-order valence-electron chi connectivity index (χ3n) is 1.78. The van der Waals surface area contributed by atoms with Crippen molar-refractivity contribution in [2.24, 2.45) is 0 Å². The number of halogens is 2. The molecular formula is C10H6F2S. The first kappa shape index (κ1) is 8.38. The van der Waals surface area contributed by atoms with Crippen molar-refractivity contribution in [3.8, 4) is 11.1 Å². The molecule has 1 aromatic heterocycles. The van der Waals surface area contributed by atoms with Crippen LogP contribution in [0.3, 0.4) is 0 Å². The van der Waals surface area contributed by atoms with Crippen molar-refractivity contribution in [2.75, 3.05) is 0 Å². The van der Waals surface area contributed by atoms with E-state index < -0.39 is 11.6 Å². The average Bonchev–Trinajstić information content (AvgIpc) is 2.62.